The Hall–Kier alpha value is -1.71. The molecule has 0 aromatic heterocycles. The molecule has 2 unspecified atom stereocenters. The SMILES string of the molecule is C/C=C(/C)C(=O)O[C@H]1[C@H](OS(=O)(=O)O)C[C@]2(C)C3COC(=O)C3=CCC2C1(C)C. The molecule has 1 N–H and O–H groups in total. The minimum Gasteiger partial charge on any atom is -0.462 e. The Morgan fingerprint density at radius 1 is 1.34 bits per heavy atom. The molecule has 1 saturated heterocycles. The van der Waals surface area contributed by atoms with Gasteiger partial charge < -0.3 is 9.47 Å². The van der Waals surface area contributed by atoms with Crippen molar-refractivity contribution in [3.8, 4) is 0 Å². The van der Waals surface area contributed by atoms with Crippen molar-refractivity contribution < 1.29 is 36.2 Å². The molecular weight excluding hydrogens is 400 g/mol. The van der Waals surface area contributed by atoms with E-state index in [9.17, 15) is 22.6 Å². The molecule has 1 saturated carbocycles. The number of allylic oxidation sites excluding steroid dienone is 2. The molecule has 29 heavy (non-hydrogen) atoms. The fraction of sp³-hybridized carbons (Fsp3) is 0.700. The number of fused-ring (bicyclic) bond motifs is 3. The lowest BCUT2D eigenvalue weighted by Gasteiger charge is -2.59. The molecule has 162 valence electrons. The Kier molecular flexibility index (Phi) is 5.47. The van der Waals surface area contributed by atoms with Gasteiger partial charge in [0, 0.05) is 22.5 Å². The zero-order valence-corrected chi connectivity index (χ0v) is 18.1. The Labute approximate surface area is 171 Å². The van der Waals surface area contributed by atoms with Crippen molar-refractivity contribution >= 4 is 22.3 Å². The largest absolute Gasteiger partial charge is 0.462 e. The summed E-state index contributed by atoms with van der Waals surface area (Å²) in [5, 5.41) is 0. The second kappa shape index (κ2) is 7.21. The van der Waals surface area contributed by atoms with Gasteiger partial charge in [-0.25, -0.2) is 13.8 Å². The summed E-state index contributed by atoms with van der Waals surface area (Å²) in [6.45, 7) is 9.31. The van der Waals surface area contributed by atoms with Crippen LogP contribution in [0, 0.1) is 22.7 Å². The average Bonchev–Trinajstić information content (AvgIpc) is 2.98. The summed E-state index contributed by atoms with van der Waals surface area (Å²) >= 11 is 0. The molecule has 0 bridgehead atoms. The van der Waals surface area contributed by atoms with Crippen molar-refractivity contribution in [2.75, 3.05) is 6.61 Å². The summed E-state index contributed by atoms with van der Waals surface area (Å²) in [5.41, 5.74) is -0.237. The van der Waals surface area contributed by atoms with Crippen LogP contribution in [0.2, 0.25) is 0 Å². The first-order chi connectivity index (χ1) is 13.3. The molecule has 2 fully saturated rings. The van der Waals surface area contributed by atoms with Gasteiger partial charge in [0.15, 0.2) is 0 Å². The van der Waals surface area contributed by atoms with Gasteiger partial charge in [-0.1, -0.05) is 32.9 Å². The average molecular weight is 429 g/mol. The summed E-state index contributed by atoms with van der Waals surface area (Å²) in [5.74, 6) is -1.15. The van der Waals surface area contributed by atoms with Gasteiger partial charge >= 0.3 is 22.3 Å². The van der Waals surface area contributed by atoms with E-state index in [-0.39, 0.29) is 30.8 Å². The number of esters is 2. The Morgan fingerprint density at radius 2 is 2.00 bits per heavy atom. The molecular formula is C20H28O8S. The van der Waals surface area contributed by atoms with Crippen molar-refractivity contribution in [3.63, 3.8) is 0 Å². The molecule has 0 spiro atoms. The maximum atomic E-state index is 12.5. The van der Waals surface area contributed by atoms with Crippen molar-refractivity contribution in [3.05, 3.63) is 23.3 Å². The van der Waals surface area contributed by atoms with Crippen molar-refractivity contribution in [2.45, 2.75) is 59.7 Å². The summed E-state index contributed by atoms with van der Waals surface area (Å²) in [4.78, 5) is 24.6. The second-order valence-corrected chi connectivity index (χ2v) is 10.0. The third-order valence-electron chi connectivity index (χ3n) is 7.00. The highest BCUT2D eigenvalue weighted by Crippen LogP contribution is 2.62. The van der Waals surface area contributed by atoms with Gasteiger partial charge in [-0.3, -0.25) is 4.55 Å². The fourth-order valence-corrected chi connectivity index (χ4v) is 5.93. The van der Waals surface area contributed by atoms with Gasteiger partial charge in [0.2, 0.25) is 0 Å². The van der Waals surface area contributed by atoms with Gasteiger partial charge in [0.1, 0.15) is 12.2 Å². The highest BCUT2D eigenvalue weighted by Gasteiger charge is 2.63. The third kappa shape index (κ3) is 3.75. The molecule has 9 heteroatoms. The van der Waals surface area contributed by atoms with E-state index in [0.29, 0.717) is 17.6 Å². The summed E-state index contributed by atoms with van der Waals surface area (Å²) < 4.78 is 48.5. The Balaban J connectivity index is 2.04. The van der Waals surface area contributed by atoms with Crippen LogP contribution in [0.25, 0.3) is 0 Å². The van der Waals surface area contributed by atoms with E-state index in [1.165, 1.54) is 0 Å². The van der Waals surface area contributed by atoms with Crippen LogP contribution in [-0.4, -0.2) is 43.7 Å². The molecule has 1 aliphatic heterocycles. The lowest BCUT2D eigenvalue weighted by Crippen LogP contribution is -2.61. The van der Waals surface area contributed by atoms with Crippen LogP contribution in [0.15, 0.2) is 23.3 Å². The normalized spacial score (nSPS) is 36.6. The van der Waals surface area contributed by atoms with E-state index < -0.39 is 39.4 Å². The van der Waals surface area contributed by atoms with Crippen molar-refractivity contribution in [1.82, 2.24) is 0 Å². The number of cyclic esters (lactones) is 1. The first kappa shape index (κ1) is 22.0. The van der Waals surface area contributed by atoms with Crippen LogP contribution < -0.4 is 0 Å². The molecule has 0 radical (unpaired) electrons. The van der Waals surface area contributed by atoms with Crippen LogP contribution in [0.5, 0.6) is 0 Å². The molecule has 2 aliphatic carbocycles. The van der Waals surface area contributed by atoms with Crippen LogP contribution in [-0.2, 0) is 33.6 Å². The van der Waals surface area contributed by atoms with E-state index in [1.807, 2.05) is 26.8 Å². The number of rotatable bonds is 4. The number of hydrogen-bond donors (Lipinski definition) is 1. The zero-order chi connectivity index (χ0) is 21.8. The maximum absolute atomic E-state index is 12.5. The van der Waals surface area contributed by atoms with Crippen molar-refractivity contribution in [2.24, 2.45) is 22.7 Å². The van der Waals surface area contributed by atoms with Gasteiger partial charge in [-0.05, 0) is 38.0 Å². The van der Waals surface area contributed by atoms with Gasteiger partial charge in [-0.2, -0.15) is 8.42 Å². The summed E-state index contributed by atoms with van der Waals surface area (Å²) in [6.07, 6.45) is 2.25. The minimum absolute atomic E-state index is 0.0248. The number of hydrogen-bond acceptors (Lipinski definition) is 7. The fourth-order valence-electron chi connectivity index (χ4n) is 5.45. The summed E-state index contributed by atoms with van der Waals surface area (Å²) in [6, 6.07) is 0. The van der Waals surface area contributed by atoms with Crippen LogP contribution >= 0.6 is 0 Å². The van der Waals surface area contributed by atoms with E-state index in [1.54, 1.807) is 19.9 Å². The minimum atomic E-state index is -4.78. The predicted octanol–water partition coefficient (Wildman–Crippen LogP) is 2.61. The number of carbonyl (C=O) groups excluding carboxylic acids is 2. The highest BCUT2D eigenvalue weighted by atomic mass is 32.3. The lowest BCUT2D eigenvalue weighted by atomic mass is 9.47. The molecule has 0 aromatic rings. The first-order valence-corrected chi connectivity index (χ1v) is 11.0. The standard InChI is InChI=1S/C20H28O8S/c1-6-11(2)17(21)27-16-14(28-29(23,24)25)9-20(5)13-10-26-18(22)12(13)7-8-15(20)19(16,3)4/h6-7,13-16H,8-10H2,1-5H3,(H,23,24,25)/b11-6-/t13?,14-,15?,16+,20-/m1/s1. The van der Waals surface area contributed by atoms with E-state index in [4.69, 9.17) is 13.7 Å². The molecule has 3 aliphatic rings. The molecule has 3 rings (SSSR count). The van der Waals surface area contributed by atoms with Crippen molar-refractivity contribution in [1.29, 1.82) is 0 Å². The molecule has 8 nitrogen and oxygen atoms in total. The van der Waals surface area contributed by atoms with Crippen LogP contribution in [0.1, 0.15) is 47.5 Å². The predicted molar refractivity (Wildman–Crippen MR) is 103 cm³/mol. The molecule has 0 amide bonds. The van der Waals surface area contributed by atoms with Crippen LogP contribution in [0.3, 0.4) is 0 Å². The highest BCUT2D eigenvalue weighted by molar-refractivity contribution is 7.80. The smallest absolute Gasteiger partial charge is 0.397 e. The van der Waals surface area contributed by atoms with E-state index in [2.05, 4.69) is 0 Å². The van der Waals surface area contributed by atoms with E-state index >= 15 is 0 Å². The lowest BCUT2D eigenvalue weighted by molar-refractivity contribution is -0.194. The first-order valence-electron chi connectivity index (χ1n) is 9.68. The monoisotopic (exact) mass is 428 g/mol. The Bertz CT molecular complexity index is 884. The summed E-state index contributed by atoms with van der Waals surface area (Å²) in [7, 11) is -4.78. The third-order valence-corrected chi connectivity index (χ3v) is 7.49. The number of carbonyl (C=O) groups is 2. The topological polar surface area (TPSA) is 116 Å². The molecule has 0 aromatic carbocycles. The van der Waals surface area contributed by atoms with Crippen LogP contribution in [0.4, 0.5) is 0 Å². The van der Waals surface area contributed by atoms with E-state index in [0.717, 1.165) is 0 Å². The quantitative estimate of drug-likeness (QED) is 0.413. The molecule has 1 heterocycles. The number of ether oxygens (including phenoxy) is 2. The Morgan fingerprint density at radius 3 is 2.59 bits per heavy atom. The van der Waals surface area contributed by atoms with Gasteiger partial charge in [0.05, 0.1) is 6.61 Å². The molecule has 5 atom stereocenters. The zero-order valence-electron chi connectivity index (χ0n) is 17.3. The van der Waals surface area contributed by atoms with Gasteiger partial charge in [0.25, 0.3) is 0 Å². The second-order valence-electron chi connectivity index (χ2n) is 8.99. The van der Waals surface area contributed by atoms with Gasteiger partial charge in [-0.15, -0.1) is 0 Å². The maximum Gasteiger partial charge on any atom is 0.397 e.